The molecule has 0 spiro atoms. The molecule has 1 unspecified atom stereocenters. The van der Waals surface area contributed by atoms with Crippen LogP contribution in [0.3, 0.4) is 0 Å². The van der Waals surface area contributed by atoms with Crippen molar-refractivity contribution in [3.05, 3.63) is 29.3 Å². The number of Topliss-reactive ketones (excluding diaryl/α,β-unsaturated/α-hetero) is 1. The van der Waals surface area contributed by atoms with Crippen molar-refractivity contribution in [3.8, 4) is 0 Å². The fourth-order valence-corrected chi connectivity index (χ4v) is 1.46. The predicted molar refractivity (Wildman–Crippen MR) is 59.9 cm³/mol. The third kappa shape index (κ3) is 2.26. The van der Waals surface area contributed by atoms with Gasteiger partial charge in [0, 0.05) is 11.3 Å². The molecule has 2 nitrogen and oxygen atoms in total. The lowest BCUT2D eigenvalue weighted by Crippen LogP contribution is -2.13. The number of nitrogens with two attached hydrogens (primary N) is 1. The van der Waals surface area contributed by atoms with Gasteiger partial charge in [-0.1, -0.05) is 13.0 Å². The number of halogens is 1. The summed E-state index contributed by atoms with van der Waals surface area (Å²) in [7, 11) is 0. The van der Waals surface area contributed by atoms with E-state index in [4.69, 9.17) is 17.3 Å². The summed E-state index contributed by atoms with van der Waals surface area (Å²) in [5.41, 5.74) is 7.87. The number of nitrogen functional groups attached to an aromatic ring is 1. The number of rotatable bonds is 3. The molecule has 0 saturated heterocycles. The monoisotopic (exact) mass is 211 g/mol. The number of ketones is 1. The number of carbonyl (C=O) groups is 1. The van der Waals surface area contributed by atoms with Crippen LogP contribution >= 0.6 is 11.6 Å². The maximum absolute atomic E-state index is 11.7. The van der Waals surface area contributed by atoms with Crippen LogP contribution in [0.25, 0.3) is 0 Å². The number of carbonyl (C=O) groups excluding carboxylic acids is 1. The fraction of sp³-hybridized carbons (Fsp3) is 0.364. The number of aryl methyl sites for hydroxylation is 1. The van der Waals surface area contributed by atoms with Gasteiger partial charge in [-0.05, 0) is 31.0 Å². The van der Waals surface area contributed by atoms with Crippen LogP contribution in [0.4, 0.5) is 5.69 Å². The maximum Gasteiger partial charge on any atom is 0.180 e. The number of hydrogen-bond donors (Lipinski definition) is 1. The number of alkyl halides is 1. The van der Waals surface area contributed by atoms with Crippen molar-refractivity contribution < 1.29 is 4.79 Å². The highest BCUT2D eigenvalue weighted by Gasteiger charge is 2.15. The first-order valence-corrected chi connectivity index (χ1v) is 5.06. The van der Waals surface area contributed by atoms with E-state index in [1.807, 2.05) is 13.0 Å². The molecule has 0 saturated carbocycles. The summed E-state index contributed by atoms with van der Waals surface area (Å²) < 4.78 is 0. The lowest BCUT2D eigenvalue weighted by molar-refractivity contribution is 0.0991. The van der Waals surface area contributed by atoms with Crippen LogP contribution in [0.1, 0.15) is 29.8 Å². The Morgan fingerprint density at radius 2 is 2.21 bits per heavy atom. The largest absolute Gasteiger partial charge is 0.399 e. The zero-order valence-corrected chi connectivity index (χ0v) is 9.14. The Balaban J connectivity index is 3.17. The summed E-state index contributed by atoms with van der Waals surface area (Å²) in [4.78, 5) is 11.7. The molecule has 0 aromatic heterocycles. The Hall–Kier alpha value is -1.02. The quantitative estimate of drug-likeness (QED) is 0.475. The van der Waals surface area contributed by atoms with E-state index in [2.05, 4.69) is 0 Å². The molecule has 0 amide bonds. The van der Waals surface area contributed by atoms with Gasteiger partial charge in [-0.15, -0.1) is 11.6 Å². The van der Waals surface area contributed by atoms with Gasteiger partial charge in [0.1, 0.15) is 0 Å². The molecule has 1 aromatic carbocycles. The second-order valence-electron chi connectivity index (χ2n) is 3.25. The highest BCUT2D eigenvalue weighted by Crippen LogP contribution is 2.17. The Morgan fingerprint density at radius 1 is 1.57 bits per heavy atom. The third-order valence-corrected chi connectivity index (χ3v) is 2.34. The van der Waals surface area contributed by atoms with Crippen LogP contribution in [0.5, 0.6) is 0 Å². The standard InChI is InChI=1S/C11H14ClNO/c1-3-8-4-5-9(13)6-10(8)11(14)7(2)12/h4-7H,3,13H2,1-2H3. The molecular formula is C11H14ClNO. The van der Waals surface area contributed by atoms with E-state index in [9.17, 15) is 4.79 Å². The van der Waals surface area contributed by atoms with Crippen LogP contribution in [-0.4, -0.2) is 11.2 Å². The SMILES string of the molecule is CCc1ccc(N)cc1C(=O)C(C)Cl. The Labute approximate surface area is 89.1 Å². The Morgan fingerprint density at radius 3 is 2.71 bits per heavy atom. The van der Waals surface area contributed by atoms with Crippen LogP contribution in [0.15, 0.2) is 18.2 Å². The van der Waals surface area contributed by atoms with E-state index >= 15 is 0 Å². The second-order valence-corrected chi connectivity index (χ2v) is 3.91. The van der Waals surface area contributed by atoms with Gasteiger partial charge in [-0.3, -0.25) is 4.79 Å². The zero-order chi connectivity index (χ0) is 10.7. The molecule has 2 N–H and O–H groups in total. The van der Waals surface area contributed by atoms with Crippen LogP contribution < -0.4 is 5.73 Å². The van der Waals surface area contributed by atoms with E-state index in [1.165, 1.54) is 0 Å². The minimum atomic E-state index is -0.498. The fourth-order valence-electron chi connectivity index (χ4n) is 1.35. The summed E-state index contributed by atoms with van der Waals surface area (Å²) >= 11 is 5.75. The second kappa shape index (κ2) is 4.47. The van der Waals surface area contributed by atoms with Crippen molar-refractivity contribution in [2.24, 2.45) is 0 Å². The van der Waals surface area contributed by atoms with Crippen molar-refractivity contribution in [1.82, 2.24) is 0 Å². The molecule has 3 heteroatoms. The van der Waals surface area contributed by atoms with Gasteiger partial charge in [-0.25, -0.2) is 0 Å². The predicted octanol–water partition coefficient (Wildman–Crippen LogP) is 2.64. The molecule has 0 heterocycles. The molecule has 76 valence electrons. The van der Waals surface area contributed by atoms with Gasteiger partial charge in [-0.2, -0.15) is 0 Å². The third-order valence-electron chi connectivity index (χ3n) is 2.14. The summed E-state index contributed by atoms with van der Waals surface area (Å²) in [6.07, 6.45) is 0.810. The average Bonchev–Trinajstić information content (AvgIpc) is 2.16. The van der Waals surface area contributed by atoms with E-state index < -0.39 is 5.38 Å². The van der Waals surface area contributed by atoms with Gasteiger partial charge in [0.05, 0.1) is 5.38 Å². The van der Waals surface area contributed by atoms with Gasteiger partial charge in [0.15, 0.2) is 5.78 Å². The van der Waals surface area contributed by atoms with Gasteiger partial charge < -0.3 is 5.73 Å². The number of anilines is 1. The van der Waals surface area contributed by atoms with Crippen LogP contribution in [0, 0.1) is 0 Å². The highest BCUT2D eigenvalue weighted by molar-refractivity contribution is 6.33. The van der Waals surface area contributed by atoms with Crippen molar-refractivity contribution in [1.29, 1.82) is 0 Å². The normalized spacial score (nSPS) is 12.5. The van der Waals surface area contributed by atoms with Gasteiger partial charge in [0.2, 0.25) is 0 Å². The zero-order valence-electron chi connectivity index (χ0n) is 8.38. The summed E-state index contributed by atoms with van der Waals surface area (Å²) in [5, 5.41) is -0.498. The van der Waals surface area contributed by atoms with E-state index in [0.29, 0.717) is 11.3 Å². The maximum atomic E-state index is 11.7. The molecule has 0 fully saturated rings. The molecule has 0 aliphatic carbocycles. The molecule has 0 aliphatic rings. The summed E-state index contributed by atoms with van der Waals surface area (Å²) in [5.74, 6) is -0.0594. The van der Waals surface area contributed by atoms with Crippen molar-refractivity contribution in [2.75, 3.05) is 5.73 Å². The molecule has 1 atom stereocenters. The summed E-state index contributed by atoms with van der Waals surface area (Å²) in [6.45, 7) is 3.67. The first kappa shape index (κ1) is 11.1. The smallest absolute Gasteiger partial charge is 0.180 e. The topological polar surface area (TPSA) is 43.1 Å². The van der Waals surface area contributed by atoms with Crippen LogP contribution in [0.2, 0.25) is 0 Å². The Bertz CT molecular complexity index is 347. The van der Waals surface area contributed by atoms with Gasteiger partial charge in [0.25, 0.3) is 0 Å². The minimum absolute atomic E-state index is 0.0594. The minimum Gasteiger partial charge on any atom is -0.399 e. The highest BCUT2D eigenvalue weighted by atomic mass is 35.5. The first-order valence-electron chi connectivity index (χ1n) is 4.63. The van der Waals surface area contributed by atoms with Crippen molar-refractivity contribution in [3.63, 3.8) is 0 Å². The molecule has 1 rings (SSSR count). The molecule has 1 aromatic rings. The molecular weight excluding hydrogens is 198 g/mol. The molecule has 0 bridgehead atoms. The Kier molecular flexibility index (Phi) is 3.53. The van der Waals surface area contributed by atoms with Gasteiger partial charge >= 0.3 is 0 Å². The van der Waals surface area contributed by atoms with Crippen LogP contribution in [-0.2, 0) is 6.42 Å². The van der Waals surface area contributed by atoms with E-state index in [1.54, 1.807) is 19.1 Å². The number of hydrogen-bond acceptors (Lipinski definition) is 2. The molecule has 0 radical (unpaired) electrons. The lowest BCUT2D eigenvalue weighted by Gasteiger charge is -2.08. The van der Waals surface area contributed by atoms with E-state index in [0.717, 1.165) is 12.0 Å². The van der Waals surface area contributed by atoms with Crippen molar-refractivity contribution >= 4 is 23.1 Å². The first-order chi connectivity index (χ1) is 6.56. The molecule has 14 heavy (non-hydrogen) atoms. The summed E-state index contributed by atoms with van der Waals surface area (Å²) in [6, 6.07) is 5.37. The van der Waals surface area contributed by atoms with Crippen molar-refractivity contribution in [2.45, 2.75) is 25.6 Å². The molecule has 0 aliphatic heterocycles. The average molecular weight is 212 g/mol. The van der Waals surface area contributed by atoms with E-state index in [-0.39, 0.29) is 5.78 Å². The number of benzene rings is 1. The lowest BCUT2D eigenvalue weighted by atomic mass is 9.99.